The molecule has 0 spiro atoms. The Morgan fingerprint density at radius 3 is 0.889 bits per heavy atom. The summed E-state index contributed by atoms with van der Waals surface area (Å²) in [6.07, 6.45) is 0. The van der Waals surface area contributed by atoms with Crippen LogP contribution in [0.4, 0.5) is 0 Å². The Hall–Kier alpha value is 2.12. The topological polar surface area (TPSA) is 0 Å². The Kier molecular flexibility index (Phi) is 4.55. The van der Waals surface area contributed by atoms with Gasteiger partial charge >= 0.3 is 70.4 Å². The van der Waals surface area contributed by atoms with Gasteiger partial charge in [-0.25, -0.2) is 0 Å². The molecule has 0 heterocycles. The Morgan fingerprint density at radius 2 is 0.889 bits per heavy atom. The molecule has 0 fully saturated rings. The van der Waals surface area contributed by atoms with Crippen molar-refractivity contribution >= 4 is 40.8 Å². The van der Waals surface area contributed by atoms with Crippen molar-refractivity contribution in [2.24, 2.45) is 0 Å². The zero-order valence-electron chi connectivity index (χ0n) is 7.41. The van der Waals surface area contributed by atoms with Crippen LogP contribution in [0.3, 0.4) is 0 Å². The average molecular weight is 407 g/mol. The molecule has 0 N–H and O–H groups in total. The first-order valence-corrected chi connectivity index (χ1v) is 34.4. The van der Waals surface area contributed by atoms with E-state index >= 15 is 0 Å². The second-order valence-electron chi connectivity index (χ2n) is 4.33. The minimum atomic E-state index is -1.29. The van der Waals surface area contributed by atoms with Gasteiger partial charge in [-0.2, -0.15) is 0 Å². The summed E-state index contributed by atoms with van der Waals surface area (Å²) in [6, 6.07) is 0. The third-order valence-corrected chi connectivity index (χ3v) is 143. The van der Waals surface area contributed by atoms with E-state index in [1.165, 1.54) is 8.49 Å². The second kappa shape index (κ2) is 3.68. The van der Waals surface area contributed by atoms with Crippen LogP contribution in [0, 0.1) is 0 Å². The van der Waals surface area contributed by atoms with Gasteiger partial charge in [0.1, 0.15) is 0 Å². The fourth-order valence-electron chi connectivity index (χ4n) is 0.919. The number of hydrogen-bond donors (Lipinski definition) is 0. The first-order valence-electron chi connectivity index (χ1n) is 3.41. The zero-order chi connectivity index (χ0) is 7.71. The molecule has 0 atom stereocenters. The first-order chi connectivity index (χ1) is 3.71. The van der Waals surface area contributed by atoms with Crippen molar-refractivity contribution in [3.05, 3.63) is 0 Å². The van der Waals surface area contributed by atoms with Gasteiger partial charge in [-0.15, -0.1) is 0 Å². The summed E-state index contributed by atoms with van der Waals surface area (Å²) >= 11 is -2.58. The van der Waals surface area contributed by atoms with E-state index in [0.717, 1.165) is 0 Å². The molecule has 0 aliphatic heterocycles. The molecule has 0 saturated carbocycles. The third kappa shape index (κ3) is 10.1. The maximum absolute atomic E-state index is 2.58. The van der Waals surface area contributed by atoms with Crippen LogP contribution in [0.2, 0.25) is 29.6 Å². The van der Waals surface area contributed by atoms with E-state index in [4.69, 9.17) is 0 Å². The summed E-state index contributed by atoms with van der Waals surface area (Å²) in [4.78, 5) is 15.5. The summed E-state index contributed by atoms with van der Waals surface area (Å²) < 4.78 is 0. The Balaban J connectivity index is 3.75. The number of hydrogen-bond acceptors (Lipinski definition) is 0. The maximum atomic E-state index is 2.58. The first kappa shape index (κ1) is 11.1. The predicted molar refractivity (Wildman–Crippen MR) is 52.4 cm³/mol. The molecule has 0 saturated heterocycles. The molecule has 56 valence electrons. The molecular formula is C6H18SeSn2. The number of rotatable bonds is 2. The van der Waals surface area contributed by atoms with Crippen LogP contribution in [0.5, 0.6) is 0 Å². The van der Waals surface area contributed by atoms with Gasteiger partial charge < -0.3 is 0 Å². The molecule has 0 aliphatic carbocycles. The van der Waals surface area contributed by atoms with E-state index in [0.29, 0.717) is 0 Å². The minimum absolute atomic E-state index is 1.17. The quantitative estimate of drug-likeness (QED) is 0.618. The van der Waals surface area contributed by atoms with Gasteiger partial charge in [0.15, 0.2) is 0 Å². The Labute approximate surface area is 69.3 Å². The van der Waals surface area contributed by atoms with E-state index in [9.17, 15) is 0 Å². The van der Waals surface area contributed by atoms with Crippen LogP contribution in [0.1, 0.15) is 0 Å². The van der Waals surface area contributed by atoms with E-state index < -0.39 is 32.3 Å². The third-order valence-electron chi connectivity index (χ3n) is 0.612. The molecule has 0 aliphatic rings. The SMILES string of the molecule is [CH3][Sn]([CH3])([CH3])[Se][Sn]([CH3])([CH3])[CH3]. The van der Waals surface area contributed by atoms with Gasteiger partial charge in [-0.05, 0) is 0 Å². The van der Waals surface area contributed by atoms with Gasteiger partial charge in [0.25, 0.3) is 0 Å². The summed E-state index contributed by atoms with van der Waals surface area (Å²) in [6.45, 7) is 0. The van der Waals surface area contributed by atoms with Crippen LogP contribution in [-0.2, 0) is 0 Å². The zero-order valence-corrected chi connectivity index (χ0v) is 14.8. The van der Waals surface area contributed by atoms with Crippen molar-refractivity contribution in [1.82, 2.24) is 0 Å². The second-order valence-corrected chi connectivity index (χ2v) is 86.7. The Morgan fingerprint density at radius 1 is 0.667 bits per heavy atom. The average Bonchev–Trinajstić information content (AvgIpc) is 1.14. The van der Waals surface area contributed by atoms with Crippen molar-refractivity contribution in [2.45, 2.75) is 29.6 Å². The van der Waals surface area contributed by atoms with E-state index in [2.05, 4.69) is 29.6 Å². The van der Waals surface area contributed by atoms with Crippen molar-refractivity contribution in [2.75, 3.05) is 0 Å². The predicted octanol–water partition coefficient (Wildman–Crippen LogP) is 2.36. The van der Waals surface area contributed by atoms with Crippen LogP contribution in [0.25, 0.3) is 0 Å². The van der Waals surface area contributed by atoms with E-state index in [-0.39, 0.29) is 0 Å². The molecule has 3 heteroatoms. The standard InChI is InChI=1S/6CH3.Se.2Sn/h6*1H3;;;. The monoisotopic (exact) mass is 410 g/mol. The normalized spacial score (nSPS) is 14.0. The molecule has 0 rings (SSSR count). The van der Waals surface area contributed by atoms with Gasteiger partial charge in [0.05, 0.1) is 0 Å². The van der Waals surface area contributed by atoms with Crippen LogP contribution in [0.15, 0.2) is 0 Å². The molecule has 0 aromatic heterocycles. The molecule has 0 amide bonds. The molecule has 9 heavy (non-hydrogen) atoms. The van der Waals surface area contributed by atoms with Crippen LogP contribution in [-0.4, -0.2) is 40.8 Å². The van der Waals surface area contributed by atoms with Crippen molar-refractivity contribution in [1.29, 1.82) is 0 Å². The molecule has 0 radical (unpaired) electrons. The molecule has 0 nitrogen and oxygen atoms in total. The molecule has 0 aromatic rings. The fourth-order valence-corrected chi connectivity index (χ4v) is 215. The summed E-state index contributed by atoms with van der Waals surface area (Å²) in [5, 5.41) is 0. The van der Waals surface area contributed by atoms with Crippen molar-refractivity contribution in [3.8, 4) is 0 Å². The molecule has 0 bridgehead atoms. The van der Waals surface area contributed by atoms with Crippen LogP contribution >= 0.6 is 0 Å². The summed E-state index contributed by atoms with van der Waals surface area (Å²) in [7, 11) is 1.17. The molecule has 0 aromatic carbocycles. The van der Waals surface area contributed by atoms with Crippen molar-refractivity contribution < 1.29 is 0 Å². The van der Waals surface area contributed by atoms with Gasteiger partial charge in [0.2, 0.25) is 0 Å². The van der Waals surface area contributed by atoms with Gasteiger partial charge in [-0.1, -0.05) is 0 Å². The molecule has 0 unspecified atom stereocenters. The van der Waals surface area contributed by atoms with E-state index in [1.54, 1.807) is 0 Å². The van der Waals surface area contributed by atoms with Gasteiger partial charge in [0, 0.05) is 0 Å². The summed E-state index contributed by atoms with van der Waals surface area (Å²) in [5.74, 6) is 0. The molecular weight excluding hydrogens is 388 g/mol. The van der Waals surface area contributed by atoms with E-state index in [1.807, 2.05) is 0 Å². The van der Waals surface area contributed by atoms with Crippen LogP contribution < -0.4 is 0 Å². The van der Waals surface area contributed by atoms with Gasteiger partial charge in [-0.3, -0.25) is 0 Å². The summed E-state index contributed by atoms with van der Waals surface area (Å²) in [5.41, 5.74) is 0. The fraction of sp³-hybridized carbons (Fsp3) is 1.00. The van der Waals surface area contributed by atoms with Crippen molar-refractivity contribution in [3.63, 3.8) is 0 Å². The Bertz CT molecular complexity index is 76.2.